The Bertz CT molecular complexity index is 301. The van der Waals surface area contributed by atoms with Gasteiger partial charge in [0.05, 0.1) is 5.56 Å². The summed E-state index contributed by atoms with van der Waals surface area (Å²) < 4.78 is 12.6. The Morgan fingerprint density at radius 3 is 2.42 bits per heavy atom. The van der Waals surface area contributed by atoms with Crippen LogP contribution in [0.1, 0.15) is 10.4 Å². The highest BCUT2D eigenvalue weighted by Crippen LogP contribution is 2.14. The van der Waals surface area contributed by atoms with Crippen molar-refractivity contribution in [1.29, 1.82) is 0 Å². The Labute approximate surface area is 73.9 Å². The monoisotopic (exact) mass is 192 g/mol. The highest BCUT2D eigenvalue weighted by molar-refractivity contribution is 5.88. The Balaban J connectivity index is 0.00000121. The van der Waals surface area contributed by atoms with E-state index in [4.69, 9.17) is 10.2 Å². The van der Waals surface area contributed by atoms with Gasteiger partial charge < -0.3 is 10.2 Å². The van der Waals surface area contributed by atoms with Gasteiger partial charge in [0.2, 0.25) is 0 Å². The lowest BCUT2D eigenvalue weighted by atomic mass is 10.2. The fraction of sp³-hybridized carbons (Fsp3) is 0. The Hall–Kier alpha value is -1.29. The molecule has 1 aromatic rings. The van der Waals surface area contributed by atoms with Gasteiger partial charge in [0.15, 0.2) is 0 Å². The zero-order valence-electron chi connectivity index (χ0n) is 5.82. The number of carbonyl (C=O) groups is 1. The number of phenolic OH excluding ortho intramolecular Hbond substituents is 1. The smallest absolute Gasteiger partial charge is 0.338 e. The molecule has 3 nitrogen and oxygen atoms in total. The lowest BCUT2D eigenvalue weighted by molar-refractivity contribution is 0.0692. The fourth-order valence-electron chi connectivity index (χ4n) is 0.677. The number of halogens is 2. The summed E-state index contributed by atoms with van der Waals surface area (Å²) in [5, 5.41) is 17.0. The number of benzene rings is 1. The molecule has 66 valence electrons. The molecule has 0 spiro atoms. The quantitative estimate of drug-likeness (QED) is 0.711. The average Bonchev–Trinajstić information content (AvgIpc) is 1.85. The van der Waals surface area contributed by atoms with E-state index in [2.05, 4.69) is 0 Å². The first-order valence-electron chi connectivity index (χ1n) is 2.83. The number of aromatic hydroxyl groups is 1. The maximum absolute atomic E-state index is 12.6. The van der Waals surface area contributed by atoms with Crippen molar-refractivity contribution in [2.45, 2.75) is 0 Å². The normalized spacial score (nSPS) is 8.75. The first-order valence-corrected chi connectivity index (χ1v) is 2.83. The highest BCUT2D eigenvalue weighted by Gasteiger charge is 2.09. The van der Waals surface area contributed by atoms with E-state index in [0.717, 1.165) is 18.2 Å². The molecule has 0 fully saturated rings. The first kappa shape index (κ1) is 10.7. The molecule has 0 heterocycles. The van der Waals surface area contributed by atoms with E-state index in [0.29, 0.717) is 0 Å². The van der Waals surface area contributed by atoms with Crippen LogP contribution in [-0.2, 0) is 0 Å². The molecule has 0 aromatic heterocycles. The van der Waals surface area contributed by atoms with Gasteiger partial charge in [-0.1, -0.05) is 0 Å². The summed E-state index contributed by atoms with van der Waals surface area (Å²) >= 11 is 0. The third-order valence-electron chi connectivity index (χ3n) is 1.18. The van der Waals surface area contributed by atoms with E-state index in [1.807, 2.05) is 0 Å². The summed E-state index contributed by atoms with van der Waals surface area (Å²) in [6, 6.07) is 2.88. The molecule has 0 aliphatic carbocycles. The number of hydrogen-bond donors (Lipinski definition) is 2. The molecule has 5 heteroatoms. The van der Waals surface area contributed by atoms with Crippen LogP contribution in [0.15, 0.2) is 18.2 Å². The standard InChI is InChI=1S/C7H5FO3.ClH/c8-6-3-4(9)1-2-5(6)7(10)11;/h1-3,9H,(H,10,11);1H. The van der Waals surface area contributed by atoms with Crippen molar-refractivity contribution < 1.29 is 19.4 Å². The van der Waals surface area contributed by atoms with Crippen molar-refractivity contribution >= 4 is 18.4 Å². The van der Waals surface area contributed by atoms with Crippen LogP contribution in [0.25, 0.3) is 0 Å². The Kier molecular flexibility index (Phi) is 3.50. The molecule has 0 aliphatic heterocycles. The number of carboxylic acid groups (broad SMARTS) is 1. The molecular formula is C7H6ClFO3. The van der Waals surface area contributed by atoms with Crippen molar-refractivity contribution in [2.75, 3.05) is 0 Å². The van der Waals surface area contributed by atoms with E-state index in [1.54, 1.807) is 0 Å². The van der Waals surface area contributed by atoms with Gasteiger partial charge in [-0.2, -0.15) is 0 Å². The molecule has 2 N–H and O–H groups in total. The summed E-state index contributed by atoms with van der Waals surface area (Å²) in [4.78, 5) is 10.2. The second-order valence-corrected chi connectivity index (χ2v) is 1.97. The molecule has 0 saturated heterocycles. The minimum absolute atomic E-state index is 0. The van der Waals surface area contributed by atoms with Crippen LogP contribution in [0.5, 0.6) is 5.75 Å². The largest absolute Gasteiger partial charge is 0.508 e. The Morgan fingerprint density at radius 2 is 2.00 bits per heavy atom. The Morgan fingerprint density at radius 1 is 1.42 bits per heavy atom. The van der Waals surface area contributed by atoms with Crippen LogP contribution in [0.4, 0.5) is 4.39 Å². The van der Waals surface area contributed by atoms with Gasteiger partial charge in [-0.25, -0.2) is 9.18 Å². The van der Waals surface area contributed by atoms with Crippen LogP contribution in [0, 0.1) is 5.82 Å². The van der Waals surface area contributed by atoms with Gasteiger partial charge in [-0.3, -0.25) is 0 Å². The third kappa shape index (κ3) is 2.10. The highest BCUT2D eigenvalue weighted by atomic mass is 35.5. The molecule has 0 unspecified atom stereocenters. The lowest BCUT2D eigenvalue weighted by Crippen LogP contribution is -1.99. The van der Waals surface area contributed by atoms with Crippen LogP contribution in [-0.4, -0.2) is 16.2 Å². The van der Waals surface area contributed by atoms with E-state index in [-0.39, 0.29) is 18.2 Å². The van der Waals surface area contributed by atoms with Crippen LogP contribution >= 0.6 is 12.4 Å². The zero-order valence-corrected chi connectivity index (χ0v) is 6.64. The molecule has 12 heavy (non-hydrogen) atoms. The molecule has 0 bridgehead atoms. The van der Waals surface area contributed by atoms with Crippen LogP contribution < -0.4 is 0 Å². The summed E-state index contributed by atoms with van der Waals surface area (Å²) in [5.74, 6) is -2.56. The van der Waals surface area contributed by atoms with Crippen LogP contribution in [0.2, 0.25) is 0 Å². The van der Waals surface area contributed by atoms with E-state index >= 15 is 0 Å². The summed E-state index contributed by atoms with van der Waals surface area (Å²) in [6.07, 6.45) is 0. The topological polar surface area (TPSA) is 57.5 Å². The number of aromatic carboxylic acids is 1. The van der Waals surface area contributed by atoms with Crippen molar-refractivity contribution in [3.8, 4) is 5.75 Å². The minimum Gasteiger partial charge on any atom is -0.508 e. The lowest BCUT2D eigenvalue weighted by Gasteiger charge is -1.96. The van der Waals surface area contributed by atoms with E-state index in [9.17, 15) is 9.18 Å². The number of phenols is 1. The summed E-state index contributed by atoms with van der Waals surface area (Å²) in [7, 11) is 0. The molecule has 1 aromatic carbocycles. The van der Waals surface area contributed by atoms with Gasteiger partial charge in [-0.15, -0.1) is 12.4 Å². The van der Waals surface area contributed by atoms with Crippen molar-refractivity contribution in [3.05, 3.63) is 29.6 Å². The number of hydrogen-bond acceptors (Lipinski definition) is 2. The summed E-state index contributed by atoms with van der Waals surface area (Å²) in [6.45, 7) is 0. The van der Waals surface area contributed by atoms with Crippen molar-refractivity contribution in [2.24, 2.45) is 0 Å². The van der Waals surface area contributed by atoms with Gasteiger partial charge in [0.1, 0.15) is 11.6 Å². The van der Waals surface area contributed by atoms with Gasteiger partial charge >= 0.3 is 5.97 Å². The number of carboxylic acids is 1. The summed E-state index contributed by atoms with van der Waals surface area (Å²) in [5.41, 5.74) is -0.442. The van der Waals surface area contributed by atoms with Crippen molar-refractivity contribution in [3.63, 3.8) is 0 Å². The zero-order chi connectivity index (χ0) is 8.43. The molecule has 0 atom stereocenters. The first-order chi connectivity index (χ1) is 5.11. The predicted octanol–water partition coefficient (Wildman–Crippen LogP) is 1.65. The average molecular weight is 193 g/mol. The molecule has 0 radical (unpaired) electrons. The third-order valence-corrected chi connectivity index (χ3v) is 1.18. The number of rotatable bonds is 1. The van der Waals surface area contributed by atoms with Gasteiger partial charge in [0.25, 0.3) is 0 Å². The SMILES string of the molecule is Cl.O=C(O)c1ccc(O)cc1F. The molecule has 0 saturated carbocycles. The van der Waals surface area contributed by atoms with Crippen molar-refractivity contribution in [1.82, 2.24) is 0 Å². The van der Waals surface area contributed by atoms with Gasteiger partial charge in [-0.05, 0) is 12.1 Å². The molecule has 0 amide bonds. The van der Waals surface area contributed by atoms with E-state index in [1.165, 1.54) is 0 Å². The molecule has 0 aliphatic rings. The fourth-order valence-corrected chi connectivity index (χ4v) is 0.677. The minimum atomic E-state index is -1.34. The predicted molar refractivity (Wildman–Crippen MR) is 42.3 cm³/mol. The maximum atomic E-state index is 12.6. The van der Waals surface area contributed by atoms with E-state index < -0.39 is 17.3 Å². The molecular weight excluding hydrogens is 187 g/mol. The second kappa shape index (κ2) is 3.92. The second-order valence-electron chi connectivity index (χ2n) is 1.97. The molecule has 1 rings (SSSR count). The van der Waals surface area contributed by atoms with Gasteiger partial charge in [0, 0.05) is 6.07 Å². The maximum Gasteiger partial charge on any atom is 0.338 e. The van der Waals surface area contributed by atoms with Crippen LogP contribution in [0.3, 0.4) is 0 Å².